The molecule has 0 spiro atoms. The Balaban J connectivity index is -0.0000000744. The average molecular weight is 902 g/mol. The molecule has 0 heterocycles. The molecule has 63 heavy (non-hydrogen) atoms. The second-order valence-electron chi connectivity index (χ2n) is 18.5. The second-order valence-corrected chi connectivity index (χ2v) is 18.5. The average Bonchev–Trinajstić information content (AvgIpc) is 3.30. The normalized spacial score (nSPS) is 9.43. The van der Waals surface area contributed by atoms with E-state index in [4.69, 9.17) is 0 Å². The van der Waals surface area contributed by atoms with E-state index in [0.29, 0.717) is 0 Å². The van der Waals surface area contributed by atoms with Crippen LogP contribution in [0.4, 0.5) is 0 Å². The predicted octanol–water partition coefficient (Wildman–Crippen LogP) is 26.8. The summed E-state index contributed by atoms with van der Waals surface area (Å²) in [6, 6.07) is 0. The molecule has 0 fully saturated rings. The Morgan fingerprint density at radius 2 is 0.127 bits per heavy atom. The van der Waals surface area contributed by atoms with Crippen molar-refractivity contribution < 1.29 is 0 Å². The Bertz CT molecular complexity index is 316. The minimum Gasteiger partial charge on any atom is -0.0654 e. The lowest BCUT2D eigenvalue weighted by Gasteiger charge is -1.90. The van der Waals surface area contributed by atoms with Crippen molar-refractivity contribution in [3.8, 4) is 0 Å². The van der Waals surface area contributed by atoms with Crippen molar-refractivity contribution in [1.82, 2.24) is 0 Å². The van der Waals surface area contributed by atoms with Gasteiger partial charge in [-0.2, -0.15) is 0 Å². The second kappa shape index (κ2) is 114. The first-order chi connectivity index (χ1) is 30.7. The van der Waals surface area contributed by atoms with E-state index < -0.39 is 0 Å². The van der Waals surface area contributed by atoms with Gasteiger partial charge in [0.15, 0.2) is 0 Å². The van der Waals surface area contributed by atoms with Crippen molar-refractivity contribution in [2.45, 2.75) is 414 Å². The topological polar surface area (TPSA) is 0 Å². The highest BCUT2D eigenvalue weighted by atomic mass is 13.9. The van der Waals surface area contributed by atoms with Gasteiger partial charge in [0, 0.05) is 0 Å². The maximum atomic E-state index is 2.25. The van der Waals surface area contributed by atoms with Gasteiger partial charge >= 0.3 is 0 Å². The summed E-state index contributed by atoms with van der Waals surface area (Å²) in [7, 11) is 0. The van der Waals surface area contributed by atoms with Gasteiger partial charge in [0.05, 0.1) is 0 Å². The first kappa shape index (κ1) is 83.0. The Morgan fingerprint density at radius 1 is 0.0794 bits per heavy atom. The Morgan fingerprint density at radius 3 is 0.159 bits per heavy atom. The SMILES string of the molecule is CCCCCCC.CCCCCCC.CCCCCCC.CCCCCCC.CCCCCCC.CCCCCCC.CCCCCCC.CCCCCCC.CCCCCCC. The van der Waals surface area contributed by atoms with Crippen LogP contribution in [0, 0.1) is 0 Å². The first-order valence-corrected chi connectivity index (χ1v) is 30.7. The molecular formula is C63H144. The minimum absolute atomic E-state index is 1.36. The monoisotopic (exact) mass is 901 g/mol. The third-order valence-electron chi connectivity index (χ3n) is 10.9. The van der Waals surface area contributed by atoms with Crippen LogP contribution in [0.3, 0.4) is 0 Å². The number of rotatable bonds is 36. The van der Waals surface area contributed by atoms with E-state index in [1.165, 1.54) is 289 Å². The van der Waals surface area contributed by atoms with Gasteiger partial charge in [-0.25, -0.2) is 0 Å². The van der Waals surface area contributed by atoms with Crippen molar-refractivity contribution in [2.75, 3.05) is 0 Å². The summed E-state index contributed by atoms with van der Waals surface area (Å²) < 4.78 is 0. The molecule has 0 N–H and O–H groups in total. The molecule has 0 radical (unpaired) electrons. The highest BCUT2D eigenvalue weighted by Gasteiger charge is 1.85. The van der Waals surface area contributed by atoms with Gasteiger partial charge in [-0.1, -0.05) is 414 Å². The van der Waals surface area contributed by atoms with Crippen LogP contribution < -0.4 is 0 Å². The third-order valence-corrected chi connectivity index (χ3v) is 10.9. The number of unbranched alkanes of at least 4 members (excludes halogenated alkanes) is 36. The fraction of sp³-hybridized carbons (Fsp3) is 1.00. The molecule has 0 aliphatic heterocycles. The molecule has 0 saturated heterocycles. The smallest absolute Gasteiger partial charge is 0.0533 e. The first-order valence-electron chi connectivity index (χ1n) is 30.7. The van der Waals surface area contributed by atoms with Crippen LogP contribution in [0.25, 0.3) is 0 Å². The zero-order chi connectivity index (χ0) is 49.8. The van der Waals surface area contributed by atoms with Gasteiger partial charge in [0.2, 0.25) is 0 Å². The van der Waals surface area contributed by atoms with E-state index >= 15 is 0 Å². The standard InChI is InChI=1S/9C7H16/c9*1-3-5-7-6-4-2/h9*3-7H2,1-2H3. The Kier molecular flexibility index (Phi) is 150. The molecule has 0 atom stereocenters. The molecule has 0 aromatic carbocycles. The molecular weight excluding hydrogens is 757 g/mol. The Hall–Kier alpha value is 0. The van der Waals surface area contributed by atoms with Crippen LogP contribution in [0.5, 0.6) is 0 Å². The molecule has 0 saturated carbocycles. The van der Waals surface area contributed by atoms with Gasteiger partial charge in [-0.05, 0) is 0 Å². The summed E-state index contributed by atoms with van der Waals surface area (Å²) in [6.07, 6.45) is 63.1. The van der Waals surface area contributed by atoms with Gasteiger partial charge in [0.25, 0.3) is 0 Å². The van der Waals surface area contributed by atoms with Crippen LogP contribution in [0.2, 0.25) is 0 Å². The fourth-order valence-electron chi connectivity index (χ4n) is 6.09. The molecule has 0 bridgehead atoms. The fourth-order valence-corrected chi connectivity index (χ4v) is 6.09. The van der Waals surface area contributed by atoms with Crippen molar-refractivity contribution in [3.63, 3.8) is 0 Å². The maximum absolute atomic E-state index is 2.25. The van der Waals surface area contributed by atoms with Crippen LogP contribution in [-0.4, -0.2) is 0 Å². The lowest BCUT2D eigenvalue weighted by molar-refractivity contribution is 0.656. The molecule has 0 aliphatic rings. The molecule has 0 aromatic heterocycles. The molecule has 0 amide bonds. The van der Waals surface area contributed by atoms with Gasteiger partial charge in [-0.3, -0.25) is 0 Å². The van der Waals surface area contributed by atoms with E-state index in [1.54, 1.807) is 0 Å². The summed E-state index contributed by atoms with van der Waals surface area (Å²) >= 11 is 0. The number of hydrogen-bond acceptors (Lipinski definition) is 0. The highest BCUT2D eigenvalue weighted by molar-refractivity contribution is 4.41. The molecule has 0 unspecified atom stereocenters. The maximum Gasteiger partial charge on any atom is -0.0533 e. The summed E-state index contributed by atoms with van der Waals surface area (Å²) in [4.78, 5) is 0. The molecule has 0 nitrogen and oxygen atoms in total. The van der Waals surface area contributed by atoms with Crippen LogP contribution in [0.15, 0.2) is 0 Å². The quantitative estimate of drug-likeness (QED) is 0.0550. The van der Waals surface area contributed by atoms with Gasteiger partial charge in [-0.15, -0.1) is 0 Å². The zero-order valence-corrected chi connectivity index (χ0v) is 49.8. The van der Waals surface area contributed by atoms with E-state index in [-0.39, 0.29) is 0 Å². The predicted molar refractivity (Wildman–Crippen MR) is 310 cm³/mol. The summed E-state index contributed by atoms with van der Waals surface area (Å²) in [5.74, 6) is 0. The van der Waals surface area contributed by atoms with E-state index in [2.05, 4.69) is 125 Å². The molecule has 0 heteroatoms. The van der Waals surface area contributed by atoms with Crippen LogP contribution in [0.1, 0.15) is 414 Å². The van der Waals surface area contributed by atoms with Crippen molar-refractivity contribution in [1.29, 1.82) is 0 Å². The lowest BCUT2D eigenvalue weighted by Crippen LogP contribution is -1.70. The molecule has 0 aliphatic carbocycles. The zero-order valence-electron chi connectivity index (χ0n) is 49.8. The van der Waals surface area contributed by atoms with Crippen molar-refractivity contribution >= 4 is 0 Å². The van der Waals surface area contributed by atoms with E-state index in [0.717, 1.165) is 0 Å². The minimum atomic E-state index is 1.36. The summed E-state index contributed by atoms with van der Waals surface area (Å²) in [5.41, 5.74) is 0. The van der Waals surface area contributed by atoms with Gasteiger partial charge in [0.1, 0.15) is 0 Å². The van der Waals surface area contributed by atoms with Crippen molar-refractivity contribution in [2.24, 2.45) is 0 Å². The molecule has 0 aromatic rings. The van der Waals surface area contributed by atoms with Crippen molar-refractivity contribution in [3.05, 3.63) is 0 Å². The van der Waals surface area contributed by atoms with Crippen LogP contribution >= 0.6 is 0 Å². The summed E-state index contributed by atoms with van der Waals surface area (Å²) in [5, 5.41) is 0. The molecule has 396 valence electrons. The highest BCUT2D eigenvalue weighted by Crippen LogP contribution is 2.05. The van der Waals surface area contributed by atoms with Gasteiger partial charge < -0.3 is 0 Å². The van der Waals surface area contributed by atoms with E-state index in [9.17, 15) is 0 Å². The van der Waals surface area contributed by atoms with Crippen LogP contribution in [-0.2, 0) is 0 Å². The number of hydrogen-bond donors (Lipinski definition) is 0. The summed E-state index contributed by atoms with van der Waals surface area (Å²) in [6.45, 7) is 40.4. The molecule has 0 rings (SSSR count). The third kappa shape index (κ3) is 172. The van der Waals surface area contributed by atoms with E-state index in [1.807, 2.05) is 0 Å². The Labute approximate surface area is 411 Å². The largest absolute Gasteiger partial charge is 0.0654 e. The lowest BCUT2D eigenvalue weighted by atomic mass is 10.2.